The molecule has 0 fully saturated rings. The molecule has 1 aliphatic rings. The van der Waals surface area contributed by atoms with Crippen LogP contribution in [0.1, 0.15) is 16.7 Å². The lowest BCUT2D eigenvalue weighted by molar-refractivity contribution is 1.28. The van der Waals surface area contributed by atoms with Crippen molar-refractivity contribution in [2.75, 3.05) is 0 Å². The summed E-state index contributed by atoms with van der Waals surface area (Å²) in [6.45, 7) is 17.1. The summed E-state index contributed by atoms with van der Waals surface area (Å²) in [5, 5.41) is 11.6. The Balaban J connectivity index is 1.70. The van der Waals surface area contributed by atoms with E-state index in [2.05, 4.69) is 138 Å². The van der Waals surface area contributed by atoms with E-state index in [0.717, 1.165) is 0 Å². The molecule has 0 nitrogen and oxygen atoms in total. The molecule has 0 spiro atoms. The highest BCUT2D eigenvalue weighted by Gasteiger charge is 2.41. The van der Waals surface area contributed by atoms with E-state index in [4.69, 9.17) is 0 Å². The highest BCUT2D eigenvalue weighted by atomic mass is 28.3. The van der Waals surface area contributed by atoms with Gasteiger partial charge in [0.15, 0.2) is 0 Å². The molecule has 0 atom stereocenters. The van der Waals surface area contributed by atoms with Gasteiger partial charge in [0, 0.05) is 0 Å². The SMILES string of the molecule is Cc1ccc2c(-c3ccc(C)c4ccccc34)c3cc(C)ccc3c(-c3cccc4c3[Si](C)(C)CC[Si]4(C)C)c2c1. The van der Waals surface area contributed by atoms with Crippen molar-refractivity contribution in [2.45, 2.75) is 59.0 Å². The Labute approximate surface area is 247 Å². The molecule has 0 aliphatic carbocycles. The molecule has 0 aromatic heterocycles. The normalized spacial score (nSPS) is 15.9. The van der Waals surface area contributed by atoms with Gasteiger partial charge in [-0.2, -0.15) is 0 Å². The molecule has 0 radical (unpaired) electrons. The van der Waals surface area contributed by atoms with Crippen LogP contribution in [0.15, 0.2) is 91.0 Å². The van der Waals surface area contributed by atoms with Crippen molar-refractivity contribution >= 4 is 58.8 Å². The summed E-state index contributed by atoms with van der Waals surface area (Å²) in [5.74, 6) is 0. The number of fused-ring (bicyclic) bond motifs is 4. The molecule has 41 heavy (non-hydrogen) atoms. The Hall–Kier alpha value is -3.47. The molecule has 0 bridgehead atoms. The summed E-state index contributed by atoms with van der Waals surface area (Å²) in [6.07, 6.45) is 0. The van der Waals surface area contributed by atoms with Crippen LogP contribution in [0.2, 0.25) is 38.3 Å². The lowest BCUT2D eigenvalue weighted by Crippen LogP contribution is -2.64. The Morgan fingerprint density at radius 2 is 1.05 bits per heavy atom. The van der Waals surface area contributed by atoms with E-state index < -0.39 is 16.1 Å². The third kappa shape index (κ3) is 4.06. The van der Waals surface area contributed by atoms with E-state index in [1.807, 2.05) is 0 Å². The van der Waals surface area contributed by atoms with Gasteiger partial charge in [0.2, 0.25) is 0 Å². The zero-order chi connectivity index (χ0) is 28.7. The molecule has 6 aromatic rings. The largest absolute Gasteiger partial charge is 0.0810 e. The van der Waals surface area contributed by atoms with Gasteiger partial charge >= 0.3 is 0 Å². The van der Waals surface area contributed by atoms with Gasteiger partial charge in [-0.15, -0.1) is 0 Å². The lowest BCUT2D eigenvalue weighted by Gasteiger charge is -2.41. The van der Waals surface area contributed by atoms with E-state index >= 15 is 0 Å². The summed E-state index contributed by atoms with van der Waals surface area (Å²) in [6, 6.07) is 38.1. The number of rotatable bonds is 2. The predicted molar refractivity (Wildman–Crippen MR) is 188 cm³/mol. The fourth-order valence-electron chi connectivity index (χ4n) is 7.64. The minimum absolute atomic E-state index is 1.31. The lowest BCUT2D eigenvalue weighted by atomic mass is 9.83. The van der Waals surface area contributed by atoms with Crippen molar-refractivity contribution in [1.29, 1.82) is 0 Å². The van der Waals surface area contributed by atoms with Crippen LogP contribution in [-0.4, -0.2) is 16.1 Å². The van der Waals surface area contributed by atoms with Crippen LogP contribution in [-0.2, 0) is 0 Å². The molecule has 204 valence electrons. The summed E-state index contributed by atoms with van der Waals surface area (Å²) < 4.78 is 0. The highest BCUT2D eigenvalue weighted by Crippen LogP contribution is 2.46. The Bertz CT molecular complexity index is 2030. The molecule has 0 saturated heterocycles. The van der Waals surface area contributed by atoms with Gasteiger partial charge in [-0.05, 0) is 80.9 Å². The maximum Gasteiger partial charge on any atom is 0.0810 e. The quantitative estimate of drug-likeness (QED) is 0.145. The molecule has 0 unspecified atom stereocenters. The highest BCUT2D eigenvalue weighted by molar-refractivity contribution is 7.04. The Morgan fingerprint density at radius 1 is 0.463 bits per heavy atom. The van der Waals surface area contributed by atoms with Gasteiger partial charge in [-0.25, -0.2) is 0 Å². The second-order valence-electron chi connectivity index (χ2n) is 13.8. The standard InChI is InChI=1S/C39H40Si2/c1-25-16-19-32-34(23-25)37(30-20-17-27(3)28-11-8-9-12-29(28)30)31-18-15-26(2)24-35(31)38(32)33-13-10-14-36-39(33)41(6,7)22-21-40(36,4)5/h8-20,23-24H,21-22H2,1-7H3. The van der Waals surface area contributed by atoms with E-state index in [1.165, 1.54) is 83.3 Å². The van der Waals surface area contributed by atoms with E-state index in [-0.39, 0.29) is 0 Å². The average Bonchev–Trinajstić information content (AvgIpc) is 2.95. The van der Waals surface area contributed by atoms with Crippen LogP contribution < -0.4 is 10.4 Å². The number of benzene rings is 6. The molecule has 0 N–H and O–H groups in total. The number of aryl methyl sites for hydroxylation is 3. The molecule has 2 heteroatoms. The van der Waals surface area contributed by atoms with Crippen molar-refractivity contribution in [3.05, 3.63) is 108 Å². The van der Waals surface area contributed by atoms with Crippen LogP contribution in [0, 0.1) is 20.8 Å². The van der Waals surface area contributed by atoms with Gasteiger partial charge in [0.05, 0.1) is 16.1 Å². The first-order chi connectivity index (χ1) is 19.6. The first kappa shape index (κ1) is 26.4. The van der Waals surface area contributed by atoms with Gasteiger partial charge in [0.25, 0.3) is 0 Å². The molecule has 1 aliphatic heterocycles. The maximum atomic E-state index is 2.62. The Kier molecular flexibility index (Phi) is 5.98. The zero-order valence-electron chi connectivity index (χ0n) is 25.6. The monoisotopic (exact) mass is 564 g/mol. The van der Waals surface area contributed by atoms with E-state index in [0.29, 0.717) is 0 Å². The third-order valence-electron chi connectivity index (χ3n) is 9.95. The summed E-state index contributed by atoms with van der Waals surface area (Å²) in [7, 11) is -3.10. The number of hydrogen-bond acceptors (Lipinski definition) is 0. The minimum Gasteiger partial charge on any atom is -0.0654 e. The van der Waals surface area contributed by atoms with Crippen molar-refractivity contribution in [1.82, 2.24) is 0 Å². The van der Waals surface area contributed by atoms with Crippen molar-refractivity contribution < 1.29 is 0 Å². The summed E-state index contributed by atoms with van der Waals surface area (Å²) >= 11 is 0. The first-order valence-corrected chi connectivity index (χ1v) is 21.6. The fraction of sp³-hybridized carbons (Fsp3) is 0.231. The predicted octanol–water partition coefficient (Wildman–Crippen LogP) is 10.2. The zero-order valence-corrected chi connectivity index (χ0v) is 27.6. The van der Waals surface area contributed by atoms with Crippen LogP contribution in [0.5, 0.6) is 0 Å². The Morgan fingerprint density at radius 3 is 1.71 bits per heavy atom. The van der Waals surface area contributed by atoms with Crippen molar-refractivity contribution in [3.8, 4) is 22.3 Å². The van der Waals surface area contributed by atoms with Crippen LogP contribution in [0.4, 0.5) is 0 Å². The van der Waals surface area contributed by atoms with Gasteiger partial charge in [-0.1, -0.05) is 151 Å². The smallest absolute Gasteiger partial charge is 0.0654 e. The molecule has 6 aromatic carbocycles. The molecule has 0 amide bonds. The summed E-state index contributed by atoms with van der Waals surface area (Å²) in [5.41, 5.74) is 9.62. The van der Waals surface area contributed by atoms with Gasteiger partial charge in [-0.3, -0.25) is 0 Å². The van der Waals surface area contributed by atoms with Gasteiger partial charge < -0.3 is 0 Å². The third-order valence-corrected chi connectivity index (χ3v) is 17.5. The topological polar surface area (TPSA) is 0 Å². The van der Waals surface area contributed by atoms with Crippen LogP contribution in [0.3, 0.4) is 0 Å². The first-order valence-electron chi connectivity index (χ1n) is 15.2. The van der Waals surface area contributed by atoms with Crippen LogP contribution >= 0.6 is 0 Å². The molecule has 0 saturated carbocycles. The number of hydrogen-bond donors (Lipinski definition) is 0. The average molecular weight is 565 g/mol. The van der Waals surface area contributed by atoms with Crippen molar-refractivity contribution in [3.63, 3.8) is 0 Å². The second kappa shape index (κ2) is 9.27. The van der Waals surface area contributed by atoms with Crippen molar-refractivity contribution in [2.24, 2.45) is 0 Å². The summed E-state index contributed by atoms with van der Waals surface area (Å²) in [4.78, 5) is 0. The maximum absolute atomic E-state index is 2.62. The molecular weight excluding hydrogens is 525 g/mol. The van der Waals surface area contributed by atoms with E-state index in [1.54, 1.807) is 10.4 Å². The molecule has 7 rings (SSSR count). The fourth-order valence-corrected chi connectivity index (χ4v) is 18.3. The second-order valence-corrected chi connectivity index (χ2v) is 23.4. The van der Waals surface area contributed by atoms with E-state index in [9.17, 15) is 0 Å². The minimum atomic E-state index is -1.61. The molecule has 1 heterocycles. The molecular formula is C39H40Si2. The van der Waals surface area contributed by atoms with Gasteiger partial charge in [0.1, 0.15) is 0 Å². The van der Waals surface area contributed by atoms with Crippen LogP contribution in [0.25, 0.3) is 54.6 Å².